The van der Waals surface area contributed by atoms with Crippen molar-refractivity contribution in [2.24, 2.45) is 0 Å². The third-order valence-electron chi connectivity index (χ3n) is 3.34. The van der Waals surface area contributed by atoms with E-state index in [2.05, 4.69) is 5.32 Å². The Kier molecular flexibility index (Phi) is 5.98. The molecule has 4 heteroatoms. The fraction of sp³-hybridized carbons (Fsp3) is 0.278. The van der Waals surface area contributed by atoms with Crippen molar-refractivity contribution >= 4 is 5.97 Å². The van der Waals surface area contributed by atoms with Crippen molar-refractivity contribution in [3.63, 3.8) is 0 Å². The van der Waals surface area contributed by atoms with E-state index >= 15 is 0 Å². The lowest BCUT2D eigenvalue weighted by Gasteiger charge is -2.15. The molecular weight excluding hydrogens is 278 g/mol. The highest BCUT2D eigenvalue weighted by molar-refractivity contribution is 5.73. The summed E-state index contributed by atoms with van der Waals surface area (Å²) in [7, 11) is 0. The minimum Gasteiger partial charge on any atom is -0.494 e. The van der Waals surface area contributed by atoms with E-state index in [9.17, 15) is 9.90 Å². The number of rotatable bonds is 8. The first-order valence-corrected chi connectivity index (χ1v) is 7.41. The molecule has 1 atom stereocenters. The van der Waals surface area contributed by atoms with E-state index in [4.69, 9.17) is 4.74 Å². The standard InChI is InChI=1S/C18H21NO3/c1-2-22-16-10-6-9-15(11-16)13-19-17(18(20)21)12-14-7-4-3-5-8-14/h3-11,17,19H,2,12-13H2,1H3,(H,20,21)/t17-/m1/s1. The van der Waals surface area contributed by atoms with Crippen molar-refractivity contribution < 1.29 is 14.6 Å². The third-order valence-corrected chi connectivity index (χ3v) is 3.34. The van der Waals surface area contributed by atoms with Gasteiger partial charge in [0.05, 0.1) is 6.61 Å². The molecule has 0 radical (unpaired) electrons. The molecule has 0 aliphatic heterocycles. The van der Waals surface area contributed by atoms with Gasteiger partial charge in [0.15, 0.2) is 0 Å². The van der Waals surface area contributed by atoms with Gasteiger partial charge in [-0.3, -0.25) is 4.79 Å². The Bertz CT molecular complexity index is 598. The van der Waals surface area contributed by atoms with Crippen LogP contribution < -0.4 is 10.1 Å². The fourth-order valence-electron chi connectivity index (χ4n) is 2.25. The van der Waals surface area contributed by atoms with Gasteiger partial charge in [0.1, 0.15) is 11.8 Å². The molecule has 0 spiro atoms. The van der Waals surface area contributed by atoms with Gasteiger partial charge in [-0.2, -0.15) is 0 Å². The molecule has 2 rings (SSSR count). The Labute approximate surface area is 130 Å². The molecule has 0 aliphatic carbocycles. The van der Waals surface area contributed by atoms with Crippen molar-refractivity contribution in [1.29, 1.82) is 0 Å². The lowest BCUT2D eigenvalue weighted by atomic mass is 10.1. The Morgan fingerprint density at radius 1 is 1.14 bits per heavy atom. The lowest BCUT2D eigenvalue weighted by Crippen LogP contribution is -2.38. The second-order valence-corrected chi connectivity index (χ2v) is 5.04. The molecule has 22 heavy (non-hydrogen) atoms. The molecule has 2 N–H and O–H groups in total. The molecule has 2 aromatic carbocycles. The van der Waals surface area contributed by atoms with E-state index < -0.39 is 12.0 Å². The van der Waals surface area contributed by atoms with E-state index in [0.29, 0.717) is 19.6 Å². The van der Waals surface area contributed by atoms with Crippen molar-refractivity contribution in [1.82, 2.24) is 5.32 Å². The van der Waals surface area contributed by atoms with E-state index in [1.807, 2.05) is 61.5 Å². The normalized spacial score (nSPS) is 11.9. The highest BCUT2D eigenvalue weighted by atomic mass is 16.5. The summed E-state index contributed by atoms with van der Waals surface area (Å²) in [5.74, 6) is -0.0402. The highest BCUT2D eigenvalue weighted by Crippen LogP contribution is 2.13. The third kappa shape index (κ3) is 4.90. The van der Waals surface area contributed by atoms with Gasteiger partial charge in [0.2, 0.25) is 0 Å². The lowest BCUT2D eigenvalue weighted by molar-refractivity contribution is -0.139. The van der Waals surface area contributed by atoms with E-state index in [-0.39, 0.29) is 0 Å². The number of nitrogens with one attached hydrogen (secondary N) is 1. The van der Waals surface area contributed by atoms with Gasteiger partial charge in [0.25, 0.3) is 0 Å². The summed E-state index contributed by atoms with van der Waals surface area (Å²) >= 11 is 0. The van der Waals surface area contributed by atoms with Gasteiger partial charge in [-0.15, -0.1) is 0 Å². The van der Waals surface area contributed by atoms with Crippen LogP contribution in [0.1, 0.15) is 18.1 Å². The van der Waals surface area contributed by atoms with Crippen LogP contribution in [0.25, 0.3) is 0 Å². The number of carbonyl (C=O) groups is 1. The van der Waals surface area contributed by atoms with E-state index in [0.717, 1.165) is 16.9 Å². The topological polar surface area (TPSA) is 58.6 Å². The second-order valence-electron chi connectivity index (χ2n) is 5.04. The molecule has 0 heterocycles. The van der Waals surface area contributed by atoms with Crippen LogP contribution in [-0.4, -0.2) is 23.7 Å². The number of hydrogen-bond acceptors (Lipinski definition) is 3. The average molecular weight is 299 g/mol. The average Bonchev–Trinajstić information content (AvgIpc) is 2.53. The monoisotopic (exact) mass is 299 g/mol. The van der Waals surface area contributed by atoms with Crippen LogP contribution in [0.4, 0.5) is 0 Å². The zero-order chi connectivity index (χ0) is 15.8. The number of benzene rings is 2. The van der Waals surface area contributed by atoms with Crippen LogP contribution in [0.3, 0.4) is 0 Å². The Morgan fingerprint density at radius 2 is 1.86 bits per heavy atom. The molecule has 0 bridgehead atoms. The minimum absolute atomic E-state index is 0.460. The molecule has 0 amide bonds. The van der Waals surface area contributed by atoms with Gasteiger partial charge in [-0.25, -0.2) is 0 Å². The zero-order valence-electron chi connectivity index (χ0n) is 12.7. The summed E-state index contributed by atoms with van der Waals surface area (Å²) < 4.78 is 5.45. The molecular formula is C18H21NO3. The number of hydrogen-bond donors (Lipinski definition) is 2. The summed E-state index contributed by atoms with van der Waals surface area (Å²) in [5.41, 5.74) is 2.01. The Balaban J connectivity index is 1.97. The quantitative estimate of drug-likeness (QED) is 0.787. The van der Waals surface area contributed by atoms with Crippen LogP contribution >= 0.6 is 0 Å². The van der Waals surface area contributed by atoms with Crippen LogP contribution in [0, 0.1) is 0 Å². The summed E-state index contributed by atoms with van der Waals surface area (Å²) in [6, 6.07) is 16.7. The van der Waals surface area contributed by atoms with Crippen LogP contribution in [-0.2, 0) is 17.8 Å². The maximum atomic E-state index is 11.4. The first kappa shape index (κ1) is 16.0. The van der Waals surface area contributed by atoms with Gasteiger partial charge in [0, 0.05) is 6.54 Å². The smallest absolute Gasteiger partial charge is 0.321 e. The predicted octanol–water partition coefficient (Wildman–Crippen LogP) is 2.87. The van der Waals surface area contributed by atoms with Gasteiger partial charge >= 0.3 is 5.97 Å². The number of ether oxygens (including phenoxy) is 1. The summed E-state index contributed by atoms with van der Waals surface area (Å²) in [5, 5.41) is 12.5. The second kappa shape index (κ2) is 8.20. The molecule has 0 aromatic heterocycles. The summed E-state index contributed by atoms with van der Waals surface area (Å²) in [6.07, 6.45) is 0.460. The molecule has 0 unspecified atom stereocenters. The molecule has 0 aliphatic rings. The Morgan fingerprint density at radius 3 is 2.55 bits per heavy atom. The first-order valence-electron chi connectivity index (χ1n) is 7.41. The summed E-state index contributed by atoms with van der Waals surface area (Å²) in [6.45, 7) is 3.04. The van der Waals surface area contributed by atoms with E-state index in [1.54, 1.807) is 0 Å². The fourth-order valence-corrected chi connectivity index (χ4v) is 2.25. The van der Waals surface area contributed by atoms with Crippen LogP contribution in [0.2, 0.25) is 0 Å². The van der Waals surface area contributed by atoms with Gasteiger partial charge in [-0.05, 0) is 36.6 Å². The Hall–Kier alpha value is -2.33. The predicted molar refractivity (Wildman–Crippen MR) is 86.0 cm³/mol. The SMILES string of the molecule is CCOc1cccc(CN[C@H](Cc2ccccc2)C(=O)O)c1. The molecule has 0 saturated carbocycles. The number of aliphatic carboxylic acids is 1. The van der Waals surface area contributed by atoms with Crippen LogP contribution in [0.15, 0.2) is 54.6 Å². The molecule has 116 valence electrons. The van der Waals surface area contributed by atoms with Gasteiger partial charge < -0.3 is 15.2 Å². The number of carboxylic acids is 1. The number of carboxylic acid groups (broad SMARTS) is 1. The van der Waals surface area contributed by atoms with Gasteiger partial charge in [-0.1, -0.05) is 42.5 Å². The maximum absolute atomic E-state index is 11.4. The zero-order valence-corrected chi connectivity index (χ0v) is 12.7. The summed E-state index contributed by atoms with van der Waals surface area (Å²) in [4.78, 5) is 11.4. The maximum Gasteiger partial charge on any atom is 0.321 e. The van der Waals surface area contributed by atoms with Crippen molar-refractivity contribution in [2.75, 3.05) is 6.61 Å². The first-order chi connectivity index (χ1) is 10.7. The largest absolute Gasteiger partial charge is 0.494 e. The molecule has 0 fully saturated rings. The van der Waals surface area contributed by atoms with Crippen LogP contribution in [0.5, 0.6) is 5.75 Å². The highest BCUT2D eigenvalue weighted by Gasteiger charge is 2.17. The van der Waals surface area contributed by atoms with Crippen molar-refractivity contribution in [3.8, 4) is 5.75 Å². The van der Waals surface area contributed by atoms with E-state index in [1.165, 1.54) is 0 Å². The molecule has 0 saturated heterocycles. The minimum atomic E-state index is -0.843. The van der Waals surface area contributed by atoms with Crippen molar-refractivity contribution in [3.05, 3.63) is 65.7 Å². The molecule has 2 aromatic rings. The molecule has 4 nitrogen and oxygen atoms in total. The van der Waals surface area contributed by atoms with Crippen molar-refractivity contribution in [2.45, 2.75) is 25.9 Å².